The Morgan fingerprint density at radius 3 is 2.61 bits per heavy atom. The molecule has 1 atom stereocenters. The minimum Gasteiger partial charge on any atom is -0.318 e. The molecule has 0 saturated heterocycles. The summed E-state index contributed by atoms with van der Waals surface area (Å²) in [4.78, 5) is 0. The fourth-order valence-corrected chi connectivity index (χ4v) is 2.89. The van der Waals surface area contributed by atoms with E-state index >= 15 is 0 Å². The largest absolute Gasteiger partial charge is 0.318 e. The molecule has 3 N–H and O–H groups in total. The summed E-state index contributed by atoms with van der Waals surface area (Å²) < 4.78 is 52.2. The van der Waals surface area contributed by atoms with Gasteiger partial charge in [-0.3, -0.25) is 0 Å². The molecule has 0 heterocycles. The minimum absolute atomic E-state index is 0.182. The summed E-state index contributed by atoms with van der Waals surface area (Å²) in [5, 5.41) is 0. The Morgan fingerprint density at radius 2 is 2.11 bits per heavy atom. The van der Waals surface area contributed by atoms with E-state index in [4.69, 9.17) is 5.73 Å². The first-order chi connectivity index (χ1) is 8.24. The van der Waals surface area contributed by atoms with E-state index in [9.17, 15) is 17.2 Å². The highest BCUT2D eigenvalue weighted by molar-refractivity contribution is 9.10. The molecule has 0 aliphatic heterocycles. The van der Waals surface area contributed by atoms with Crippen molar-refractivity contribution in [1.29, 1.82) is 0 Å². The maximum Gasteiger partial charge on any atom is 0.213 e. The Kier molecular flexibility index (Phi) is 4.82. The molecular formula is C10H13BrF2N2O2S. The van der Waals surface area contributed by atoms with Crippen LogP contribution in [0, 0.1) is 5.82 Å². The van der Waals surface area contributed by atoms with Gasteiger partial charge in [0.2, 0.25) is 10.0 Å². The summed E-state index contributed by atoms with van der Waals surface area (Å²) in [6.45, 7) is -1.19. The Hall–Kier alpha value is -0.570. The SMILES string of the molecule is CNS(=O)(=O)C[C@@](N)(CF)c1cc(Br)ccc1F. The molecule has 0 bridgehead atoms. The Labute approximate surface area is 113 Å². The smallest absolute Gasteiger partial charge is 0.213 e. The molecule has 8 heteroatoms. The van der Waals surface area contributed by atoms with Crippen LogP contribution in [0.25, 0.3) is 0 Å². The van der Waals surface area contributed by atoms with Crippen LogP contribution in [-0.4, -0.2) is 27.9 Å². The lowest BCUT2D eigenvalue weighted by Gasteiger charge is -2.26. The molecule has 0 fully saturated rings. The molecule has 0 aromatic heterocycles. The van der Waals surface area contributed by atoms with Gasteiger partial charge in [0.15, 0.2) is 0 Å². The van der Waals surface area contributed by atoms with Gasteiger partial charge in [0.25, 0.3) is 0 Å². The number of sulfonamides is 1. The number of hydrogen-bond donors (Lipinski definition) is 2. The van der Waals surface area contributed by atoms with Gasteiger partial charge in [0, 0.05) is 10.0 Å². The average Bonchev–Trinajstić information content (AvgIpc) is 2.31. The zero-order valence-corrected chi connectivity index (χ0v) is 12.0. The lowest BCUT2D eigenvalue weighted by atomic mass is 9.94. The molecule has 102 valence electrons. The Bertz CT molecular complexity index is 539. The maximum atomic E-state index is 13.6. The van der Waals surface area contributed by atoms with Gasteiger partial charge >= 0.3 is 0 Å². The summed E-state index contributed by atoms with van der Waals surface area (Å²) in [7, 11) is -2.58. The van der Waals surface area contributed by atoms with Crippen molar-refractivity contribution in [3.05, 3.63) is 34.1 Å². The lowest BCUT2D eigenvalue weighted by Crippen LogP contribution is -2.48. The lowest BCUT2D eigenvalue weighted by molar-refractivity contribution is 0.327. The summed E-state index contributed by atoms with van der Waals surface area (Å²) in [6, 6.07) is 3.80. The molecule has 0 aliphatic carbocycles. The maximum absolute atomic E-state index is 13.6. The molecule has 1 rings (SSSR count). The summed E-state index contributed by atoms with van der Waals surface area (Å²) >= 11 is 3.10. The van der Waals surface area contributed by atoms with Gasteiger partial charge in [-0.2, -0.15) is 0 Å². The number of benzene rings is 1. The first-order valence-electron chi connectivity index (χ1n) is 4.96. The van der Waals surface area contributed by atoms with E-state index in [1.807, 2.05) is 4.72 Å². The van der Waals surface area contributed by atoms with Crippen LogP contribution in [0.4, 0.5) is 8.78 Å². The fraction of sp³-hybridized carbons (Fsp3) is 0.400. The molecule has 0 aliphatic rings. The molecule has 0 radical (unpaired) electrons. The molecule has 1 aromatic rings. The zero-order chi connectivity index (χ0) is 14.0. The van der Waals surface area contributed by atoms with Crippen LogP contribution in [0.3, 0.4) is 0 Å². The zero-order valence-electron chi connectivity index (χ0n) is 9.58. The first-order valence-corrected chi connectivity index (χ1v) is 7.40. The highest BCUT2D eigenvalue weighted by Gasteiger charge is 2.35. The van der Waals surface area contributed by atoms with E-state index in [0.717, 1.165) is 6.07 Å². The van der Waals surface area contributed by atoms with Crippen molar-refractivity contribution in [2.75, 3.05) is 19.5 Å². The van der Waals surface area contributed by atoms with Gasteiger partial charge in [0.05, 0.1) is 11.3 Å². The van der Waals surface area contributed by atoms with Crippen molar-refractivity contribution in [3.63, 3.8) is 0 Å². The standard InChI is InChI=1S/C10H13BrF2N2O2S/c1-15-18(16,17)6-10(14,5-12)8-4-7(11)2-3-9(8)13/h2-4,15H,5-6,14H2,1H3/t10-/m0/s1. The third-order valence-electron chi connectivity index (χ3n) is 2.46. The summed E-state index contributed by atoms with van der Waals surface area (Å²) in [5.74, 6) is -1.48. The number of nitrogens with one attached hydrogen (secondary N) is 1. The monoisotopic (exact) mass is 342 g/mol. The number of hydrogen-bond acceptors (Lipinski definition) is 3. The van der Waals surface area contributed by atoms with Crippen LogP contribution >= 0.6 is 15.9 Å². The van der Waals surface area contributed by atoms with Gasteiger partial charge in [0.1, 0.15) is 12.5 Å². The highest BCUT2D eigenvalue weighted by Crippen LogP contribution is 2.26. The number of rotatable bonds is 5. The van der Waals surface area contributed by atoms with Crippen LogP contribution in [0.2, 0.25) is 0 Å². The van der Waals surface area contributed by atoms with Crippen molar-refractivity contribution >= 4 is 26.0 Å². The minimum atomic E-state index is -3.76. The highest BCUT2D eigenvalue weighted by atomic mass is 79.9. The molecule has 0 amide bonds. The van der Waals surface area contributed by atoms with Gasteiger partial charge in [-0.1, -0.05) is 15.9 Å². The normalized spacial score (nSPS) is 15.4. The van der Waals surface area contributed by atoms with Gasteiger partial charge in [-0.05, 0) is 25.2 Å². The topological polar surface area (TPSA) is 72.2 Å². The molecule has 0 saturated carbocycles. The second-order valence-corrected chi connectivity index (χ2v) is 6.72. The van der Waals surface area contributed by atoms with Crippen molar-refractivity contribution in [3.8, 4) is 0 Å². The predicted molar refractivity (Wildman–Crippen MR) is 68.8 cm³/mol. The van der Waals surface area contributed by atoms with Crippen molar-refractivity contribution < 1.29 is 17.2 Å². The molecule has 0 spiro atoms. The summed E-state index contributed by atoms with van der Waals surface area (Å²) in [6.07, 6.45) is 0. The van der Waals surface area contributed by atoms with Crippen molar-refractivity contribution in [2.45, 2.75) is 5.54 Å². The van der Waals surface area contributed by atoms with Crippen LogP contribution in [0.15, 0.2) is 22.7 Å². The third-order valence-corrected chi connectivity index (χ3v) is 4.47. The molecular weight excluding hydrogens is 330 g/mol. The van der Waals surface area contributed by atoms with Gasteiger partial charge in [-0.15, -0.1) is 0 Å². The summed E-state index contributed by atoms with van der Waals surface area (Å²) in [5.41, 5.74) is 3.59. The van der Waals surface area contributed by atoms with Gasteiger partial charge in [-0.25, -0.2) is 21.9 Å². The first kappa shape index (κ1) is 15.5. The fourth-order valence-electron chi connectivity index (χ4n) is 1.48. The number of alkyl halides is 1. The predicted octanol–water partition coefficient (Wildman–Crippen LogP) is 1.26. The number of nitrogens with two attached hydrogens (primary N) is 1. The van der Waals surface area contributed by atoms with Gasteiger partial charge < -0.3 is 5.73 Å². The van der Waals surface area contributed by atoms with Crippen molar-refractivity contribution in [1.82, 2.24) is 4.72 Å². The second kappa shape index (κ2) is 5.60. The van der Waals surface area contributed by atoms with E-state index in [0.29, 0.717) is 4.47 Å². The van der Waals surface area contributed by atoms with Crippen LogP contribution in [0.1, 0.15) is 5.56 Å². The van der Waals surface area contributed by atoms with Crippen LogP contribution in [-0.2, 0) is 15.6 Å². The molecule has 4 nitrogen and oxygen atoms in total. The van der Waals surface area contributed by atoms with Crippen LogP contribution < -0.4 is 10.5 Å². The third kappa shape index (κ3) is 3.47. The van der Waals surface area contributed by atoms with E-state index in [1.54, 1.807) is 0 Å². The Balaban J connectivity index is 3.27. The van der Waals surface area contributed by atoms with Crippen LogP contribution in [0.5, 0.6) is 0 Å². The second-order valence-electron chi connectivity index (χ2n) is 3.88. The number of halogens is 3. The van der Waals surface area contributed by atoms with Crippen molar-refractivity contribution in [2.24, 2.45) is 5.73 Å². The van der Waals surface area contributed by atoms with E-state index in [1.165, 1.54) is 19.2 Å². The molecule has 18 heavy (non-hydrogen) atoms. The van der Waals surface area contributed by atoms with E-state index in [2.05, 4.69) is 15.9 Å². The van der Waals surface area contributed by atoms with E-state index < -0.39 is 33.8 Å². The Morgan fingerprint density at radius 1 is 1.50 bits per heavy atom. The quantitative estimate of drug-likeness (QED) is 0.846. The van der Waals surface area contributed by atoms with E-state index in [-0.39, 0.29) is 5.56 Å². The molecule has 0 unspecified atom stereocenters. The molecule has 1 aromatic carbocycles. The average molecular weight is 343 g/mol.